The third kappa shape index (κ3) is 5.45. The Labute approximate surface area is 151 Å². The van der Waals surface area contributed by atoms with E-state index >= 15 is 0 Å². The van der Waals surface area contributed by atoms with Crippen LogP contribution in [-0.2, 0) is 26.9 Å². The zero-order valence-electron chi connectivity index (χ0n) is 16.2. The summed E-state index contributed by atoms with van der Waals surface area (Å²) in [6.07, 6.45) is 0. The lowest BCUT2D eigenvalue weighted by atomic mass is 10.9. The van der Waals surface area contributed by atoms with E-state index in [1.807, 2.05) is 41.5 Å². The summed E-state index contributed by atoms with van der Waals surface area (Å²) in [4.78, 5) is 0. The smallest absolute Gasteiger partial charge is 0.369 e. The molecular formula is C15H35O6Si3. The summed E-state index contributed by atoms with van der Waals surface area (Å²) in [5, 5.41) is -0.0473. The summed E-state index contributed by atoms with van der Waals surface area (Å²) in [6, 6.07) is 0. The van der Waals surface area contributed by atoms with Gasteiger partial charge < -0.3 is 26.9 Å². The molecule has 1 saturated heterocycles. The Bertz CT molecular complexity index is 335. The minimum absolute atomic E-state index is 0.0473. The molecule has 0 saturated carbocycles. The van der Waals surface area contributed by atoms with Crippen molar-refractivity contribution >= 4 is 26.2 Å². The van der Waals surface area contributed by atoms with Crippen LogP contribution in [0.2, 0.25) is 11.3 Å². The fraction of sp³-hybridized carbons (Fsp3) is 1.00. The van der Waals surface area contributed by atoms with E-state index in [0.717, 1.165) is 11.3 Å². The van der Waals surface area contributed by atoms with Gasteiger partial charge in [-0.25, -0.2) is 0 Å². The Morgan fingerprint density at radius 3 is 1.71 bits per heavy atom. The van der Waals surface area contributed by atoms with Gasteiger partial charge in [0.05, 0.1) is 0 Å². The van der Waals surface area contributed by atoms with Gasteiger partial charge in [0.15, 0.2) is 0 Å². The maximum absolute atomic E-state index is 6.31. The highest BCUT2D eigenvalue weighted by molar-refractivity contribution is 7.01. The molecule has 1 unspecified atom stereocenters. The van der Waals surface area contributed by atoms with Gasteiger partial charge in [0.2, 0.25) is 9.04 Å². The summed E-state index contributed by atoms with van der Waals surface area (Å²) >= 11 is 0. The summed E-state index contributed by atoms with van der Waals surface area (Å²) in [7, 11) is -6.34. The lowest BCUT2D eigenvalue weighted by molar-refractivity contribution is 0.0730. The van der Waals surface area contributed by atoms with Crippen molar-refractivity contribution in [2.24, 2.45) is 0 Å². The maximum Gasteiger partial charge on any atom is 0.369 e. The zero-order valence-corrected chi connectivity index (χ0v) is 19.2. The van der Waals surface area contributed by atoms with Crippen LogP contribution in [0, 0.1) is 0 Å². The second-order valence-corrected chi connectivity index (χ2v) is 15.8. The predicted octanol–water partition coefficient (Wildman–Crippen LogP) is 2.62. The molecule has 24 heavy (non-hydrogen) atoms. The van der Waals surface area contributed by atoms with E-state index in [4.69, 9.17) is 26.9 Å². The Balaban J connectivity index is 3.27. The molecule has 0 bridgehead atoms. The third-order valence-corrected chi connectivity index (χ3v) is 19.4. The van der Waals surface area contributed by atoms with Crippen molar-refractivity contribution in [1.82, 2.24) is 0 Å². The van der Waals surface area contributed by atoms with Crippen LogP contribution >= 0.6 is 0 Å². The second kappa shape index (κ2) is 11.2. The molecule has 1 radical (unpaired) electrons. The van der Waals surface area contributed by atoms with Crippen LogP contribution in [0.15, 0.2) is 0 Å². The largest absolute Gasteiger partial charge is 0.414 e. The van der Waals surface area contributed by atoms with Crippen molar-refractivity contribution in [3.05, 3.63) is 0 Å². The van der Waals surface area contributed by atoms with Gasteiger partial charge in [-0.15, -0.1) is 0 Å². The summed E-state index contributed by atoms with van der Waals surface area (Å²) < 4.78 is 37.4. The van der Waals surface area contributed by atoms with Crippen LogP contribution in [0.25, 0.3) is 0 Å². The minimum atomic E-state index is -2.63. The van der Waals surface area contributed by atoms with E-state index in [2.05, 4.69) is 0 Å². The van der Waals surface area contributed by atoms with Gasteiger partial charge >= 0.3 is 17.1 Å². The highest BCUT2D eigenvalue weighted by Crippen LogP contribution is 2.39. The number of ether oxygens (including phenoxy) is 1. The lowest BCUT2D eigenvalue weighted by Gasteiger charge is -2.48. The third-order valence-electron chi connectivity index (χ3n) is 3.91. The van der Waals surface area contributed by atoms with E-state index < -0.39 is 26.2 Å². The Morgan fingerprint density at radius 2 is 1.29 bits per heavy atom. The number of hydrogen-bond donors (Lipinski definition) is 0. The van der Waals surface area contributed by atoms with Crippen LogP contribution < -0.4 is 0 Å². The normalized spacial score (nSPS) is 23.5. The van der Waals surface area contributed by atoms with Crippen LogP contribution in [0.1, 0.15) is 41.5 Å². The Morgan fingerprint density at radius 1 is 0.750 bits per heavy atom. The van der Waals surface area contributed by atoms with Crippen molar-refractivity contribution in [2.45, 2.75) is 58.2 Å². The Hall–Kier alpha value is 0.411. The van der Waals surface area contributed by atoms with Gasteiger partial charge in [0.25, 0.3) is 0 Å². The van der Waals surface area contributed by atoms with Gasteiger partial charge in [-0.2, -0.15) is 0 Å². The van der Waals surface area contributed by atoms with Crippen molar-refractivity contribution in [2.75, 3.05) is 39.6 Å². The van der Waals surface area contributed by atoms with Gasteiger partial charge in [-0.05, 0) is 41.5 Å². The molecule has 0 spiro atoms. The zero-order chi connectivity index (χ0) is 18.1. The molecule has 1 atom stereocenters. The molecule has 1 fully saturated rings. The van der Waals surface area contributed by atoms with Gasteiger partial charge in [0, 0.05) is 51.0 Å². The molecular weight excluding hydrogens is 360 g/mol. The fourth-order valence-corrected chi connectivity index (χ4v) is 22.8. The molecule has 0 aliphatic carbocycles. The summed E-state index contributed by atoms with van der Waals surface area (Å²) in [6.45, 7) is 16.0. The topological polar surface area (TPSA) is 55.4 Å². The first-order chi connectivity index (χ1) is 11.6. The summed E-state index contributed by atoms with van der Waals surface area (Å²) in [5.41, 5.74) is 1.63. The molecule has 0 aromatic heterocycles. The highest BCUT2D eigenvalue weighted by atomic mass is 28.5. The highest BCUT2D eigenvalue weighted by Gasteiger charge is 2.65. The Kier molecular flexibility index (Phi) is 10.5. The molecule has 0 amide bonds. The monoisotopic (exact) mass is 395 g/mol. The fourth-order valence-electron chi connectivity index (χ4n) is 3.39. The van der Waals surface area contributed by atoms with Gasteiger partial charge in [-0.3, -0.25) is 0 Å². The molecule has 1 heterocycles. The summed E-state index contributed by atoms with van der Waals surface area (Å²) in [5.74, 6) is 0. The van der Waals surface area contributed by atoms with Crippen LogP contribution in [0.5, 0.6) is 0 Å². The van der Waals surface area contributed by atoms with Crippen molar-refractivity contribution < 1.29 is 26.9 Å². The van der Waals surface area contributed by atoms with Crippen LogP contribution in [0.3, 0.4) is 0 Å². The van der Waals surface area contributed by atoms with Crippen molar-refractivity contribution in [1.29, 1.82) is 0 Å². The maximum atomic E-state index is 6.31. The van der Waals surface area contributed by atoms with Crippen molar-refractivity contribution in [3.8, 4) is 0 Å². The van der Waals surface area contributed by atoms with Gasteiger partial charge in [0.1, 0.15) is 5.35 Å². The van der Waals surface area contributed by atoms with E-state index in [9.17, 15) is 0 Å². The quantitative estimate of drug-likeness (QED) is 0.474. The predicted molar refractivity (Wildman–Crippen MR) is 100 cm³/mol. The first-order valence-corrected chi connectivity index (χ1v) is 15.2. The first-order valence-electron chi connectivity index (χ1n) is 9.22. The molecule has 0 aromatic carbocycles. The van der Waals surface area contributed by atoms with E-state index in [1.54, 1.807) is 0 Å². The molecule has 1 rings (SSSR count). The second-order valence-electron chi connectivity index (χ2n) is 5.54. The van der Waals surface area contributed by atoms with Gasteiger partial charge in [-0.1, -0.05) is 0 Å². The number of hydrogen-bond acceptors (Lipinski definition) is 6. The van der Waals surface area contributed by atoms with E-state index in [0.29, 0.717) is 39.6 Å². The molecule has 143 valence electrons. The average molecular weight is 396 g/mol. The number of rotatable bonds is 12. The average Bonchev–Trinajstić information content (AvgIpc) is 2.52. The lowest BCUT2D eigenvalue weighted by Crippen LogP contribution is -2.72. The molecule has 0 aromatic rings. The standard InChI is InChI=1S/C15H35O6Si3/c1-7-16-15-22(17-8-2)13-23(18-9-3,19-10-4)14-24(15,20-11-5)21-12-6/h15H,7-14H2,1-6H3. The van der Waals surface area contributed by atoms with Crippen LogP contribution in [0.4, 0.5) is 0 Å². The molecule has 1 aliphatic heterocycles. The SMILES string of the molecule is CCOC1[Si](OCC)C[Si](OCC)(OCC)C[Si]1(OCC)OCC. The minimum Gasteiger partial charge on any atom is -0.414 e. The first kappa shape index (κ1) is 22.5. The molecule has 9 heteroatoms. The van der Waals surface area contributed by atoms with E-state index in [1.165, 1.54) is 0 Å². The molecule has 1 aliphatic rings. The molecule has 0 N–H and O–H groups in total. The van der Waals surface area contributed by atoms with E-state index in [-0.39, 0.29) is 5.35 Å². The van der Waals surface area contributed by atoms with Crippen LogP contribution in [-0.4, -0.2) is 71.2 Å². The van der Waals surface area contributed by atoms with Crippen molar-refractivity contribution in [3.63, 3.8) is 0 Å². The molecule has 6 nitrogen and oxygen atoms in total.